The molecule has 1 N–H and O–H groups in total. The Bertz CT molecular complexity index is 360. The van der Waals surface area contributed by atoms with E-state index in [1.807, 2.05) is 11.3 Å². The van der Waals surface area contributed by atoms with Gasteiger partial charge in [-0.1, -0.05) is 20.8 Å². The van der Waals surface area contributed by atoms with Crippen LogP contribution in [0, 0.1) is 12.8 Å². The van der Waals surface area contributed by atoms with E-state index in [0.29, 0.717) is 12.0 Å². The molecule has 110 valence electrons. The Morgan fingerprint density at radius 3 is 2.68 bits per heavy atom. The van der Waals surface area contributed by atoms with Gasteiger partial charge in [0.05, 0.1) is 12.7 Å². The van der Waals surface area contributed by atoms with Crippen LogP contribution >= 0.6 is 11.3 Å². The highest BCUT2D eigenvalue weighted by Crippen LogP contribution is 2.23. The number of ether oxygens (including phenoxy) is 1. The van der Waals surface area contributed by atoms with E-state index >= 15 is 0 Å². The molecule has 0 amide bonds. The minimum Gasteiger partial charge on any atom is -0.374 e. The highest BCUT2D eigenvalue weighted by atomic mass is 32.1. The molecule has 0 fully saturated rings. The van der Waals surface area contributed by atoms with Gasteiger partial charge >= 0.3 is 0 Å². The molecule has 1 aromatic rings. The summed E-state index contributed by atoms with van der Waals surface area (Å²) in [6.07, 6.45) is 2.67. The molecule has 3 heteroatoms. The monoisotopic (exact) mass is 283 g/mol. The van der Waals surface area contributed by atoms with Crippen LogP contribution in [0.15, 0.2) is 6.07 Å². The molecule has 0 bridgehead atoms. The smallest absolute Gasteiger partial charge is 0.0731 e. The predicted octanol–water partition coefficient (Wildman–Crippen LogP) is 4.51. The molecule has 0 radical (unpaired) electrons. The van der Waals surface area contributed by atoms with E-state index in [9.17, 15) is 0 Å². The normalized spacial score (nSPS) is 13.2. The Hall–Kier alpha value is -0.380. The lowest BCUT2D eigenvalue weighted by atomic mass is 10.1. The van der Waals surface area contributed by atoms with Crippen molar-refractivity contribution in [3.05, 3.63) is 21.4 Å². The third kappa shape index (κ3) is 6.55. The van der Waals surface area contributed by atoms with E-state index in [2.05, 4.69) is 46.0 Å². The molecule has 1 aromatic heterocycles. The van der Waals surface area contributed by atoms with Crippen molar-refractivity contribution in [2.45, 2.75) is 66.7 Å². The molecule has 0 aliphatic rings. The van der Waals surface area contributed by atoms with Gasteiger partial charge in [-0.25, -0.2) is 0 Å². The van der Waals surface area contributed by atoms with Gasteiger partial charge in [0.2, 0.25) is 0 Å². The third-order valence-corrected chi connectivity index (χ3v) is 4.22. The van der Waals surface area contributed by atoms with E-state index in [-0.39, 0.29) is 0 Å². The zero-order valence-corrected chi connectivity index (χ0v) is 13.9. The second-order valence-corrected chi connectivity index (χ2v) is 7.06. The molecule has 1 rings (SSSR count). The van der Waals surface area contributed by atoms with Crippen LogP contribution < -0.4 is 5.32 Å². The van der Waals surface area contributed by atoms with Crippen LogP contribution in [0.1, 0.15) is 55.9 Å². The Labute approximate surface area is 122 Å². The van der Waals surface area contributed by atoms with Crippen LogP contribution in [0.5, 0.6) is 0 Å². The quantitative estimate of drug-likeness (QED) is 0.673. The van der Waals surface area contributed by atoms with E-state index in [0.717, 1.165) is 26.1 Å². The molecule has 0 spiro atoms. The van der Waals surface area contributed by atoms with Gasteiger partial charge < -0.3 is 10.1 Å². The molecule has 1 heterocycles. The van der Waals surface area contributed by atoms with Crippen molar-refractivity contribution in [1.82, 2.24) is 5.32 Å². The van der Waals surface area contributed by atoms with Crippen LogP contribution in [-0.4, -0.2) is 12.6 Å². The summed E-state index contributed by atoms with van der Waals surface area (Å²) >= 11 is 1.89. The molecular formula is C16H29NOS. The summed E-state index contributed by atoms with van der Waals surface area (Å²) < 4.78 is 5.94. The minimum absolute atomic E-state index is 0.348. The second kappa shape index (κ2) is 8.72. The lowest BCUT2D eigenvalue weighted by Crippen LogP contribution is -2.12. The van der Waals surface area contributed by atoms with Crippen LogP contribution in [0.4, 0.5) is 0 Å². The first-order valence-corrected chi connectivity index (χ1v) is 8.25. The number of aryl methyl sites for hydroxylation is 1. The van der Waals surface area contributed by atoms with Crippen molar-refractivity contribution in [3.8, 4) is 0 Å². The summed E-state index contributed by atoms with van der Waals surface area (Å²) in [4.78, 5) is 2.81. The van der Waals surface area contributed by atoms with Gasteiger partial charge in [-0.2, -0.15) is 0 Å². The SMILES string of the molecule is CCCNCc1cc(COC(C)CC(C)C)c(C)s1. The van der Waals surface area contributed by atoms with Crippen molar-refractivity contribution < 1.29 is 4.74 Å². The van der Waals surface area contributed by atoms with E-state index in [4.69, 9.17) is 4.74 Å². The van der Waals surface area contributed by atoms with Gasteiger partial charge in [-0.05, 0) is 50.8 Å². The first kappa shape index (κ1) is 16.7. The molecule has 0 saturated carbocycles. The van der Waals surface area contributed by atoms with Gasteiger partial charge in [-0.3, -0.25) is 0 Å². The molecule has 0 aliphatic carbocycles. The number of nitrogens with one attached hydrogen (secondary N) is 1. The highest BCUT2D eigenvalue weighted by molar-refractivity contribution is 7.12. The number of rotatable bonds is 9. The van der Waals surface area contributed by atoms with E-state index in [1.165, 1.54) is 21.7 Å². The first-order valence-electron chi connectivity index (χ1n) is 7.43. The third-order valence-electron chi connectivity index (χ3n) is 3.12. The van der Waals surface area contributed by atoms with E-state index < -0.39 is 0 Å². The number of hydrogen-bond acceptors (Lipinski definition) is 3. The van der Waals surface area contributed by atoms with Crippen molar-refractivity contribution in [1.29, 1.82) is 0 Å². The topological polar surface area (TPSA) is 21.3 Å². The average Bonchev–Trinajstić information content (AvgIpc) is 2.67. The number of thiophene rings is 1. The van der Waals surface area contributed by atoms with Gasteiger partial charge in [-0.15, -0.1) is 11.3 Å². The maximum Gasteiger partial charge on any atom is 0.0731 e. The Morgan fingerprint density at radius 1 is 1.32 bits per heavy atom. The van der Waals surface area contributed by atoms with Crippen LogP contribution in [0.25, 0.3) is 0 Å². The van der Waals surface area contributed by atoms with Crippen LogP contribution in [0.3, 0.4) is 0 Å². The summed E-state index contributed by atoms with van der Waals surface area (Å²) in [6, 6.07) is 2.30. The fourth-order valence-corrected chi connectivity index (χ4v) is 3.19. The molecule has 1 atom stereocenters. The average molecular weight is 283 g/mol. The molecule has 0 aromatic carbocycles. The molecule has 0 aliphatic heterocycles. The first-order chi connectivity index (χ1) is 9.02. The fourth-order valence-electron chi connectivity index (χ4n) is 2.17. The predicted molar refractivity (Wildman–Crippen MR) is 84.8 cm³/mol. The number of hydrogen-bond donors (Lipinski definition) is 1. The standard InChI is InChI=1S/C16H29NOS/c1-6-7-17-10-16-9-15(14(5)19-16)11-18-13(4)8-12(2)3/h9,12-13,17H,6-8,10-11H2,1-5H3. The van der Waals surface area contributed by atoms with Gasteiger partial charge in [0, 0.05) is 16.3 Å². The Balaban J connectivity index is 2.41. The maximum atomic E-state index is 5.94. The molecule has 19 heavy (non-hydrogen) atoms. The van der Waals surface area contributed by atoms with Crippen molar-refractivity contribution >= 4 is 11.3 Å². The van der Waals surface area contributed by atoms with Gasteiger partial charge in [0.1, 0.15) is 0 Å². The fraction of sp³-hybridized carbons (Fsp3) is 0.750. The molecule has 1 unspecified atom stereocenters. The molecule has 0 saturated heterocycles. The summed E-state index contributed by atoms with van der Waals surface area (Å²) in [5.41, 5.74) is 1.36. The highest BCUT2D eigenvalue weighted by Gasteiger charge is 2.09. The Morgan fingerprint density at radius 2 is 2.05 bits per heavy atom. The molecular weight excluding hydrogens is 254 g/mol. The van der Waals surface area contributed by atoms with E-state index in [1.54, 1.807) is 0 Å². The maximum absolute atomic E-state index is 5.94. The van der Waals surface area contributed by atoms with Crippen molar-refractivity contribution in [2.75, 3.05) is 6.54 Å². The van der Waals surface area contributed by atoms with Gasteiger partial charge in [0.15, 0.2) is 0 Å². The van der Waals surface area contributed by atoms with Gasteiger partial charge in [0.25, 0.3) is 0 Å². The minimum atomic E-state index is 0.348. The van der Waals surface area contributed by atoms with Crippen molar-refractivity contribution in [2.24, 2.45) is 5.92 Å². The van der Waals surface area contributed by atoms with Crippen molar-refractivity contribution in [3.63, 3.8) is 0 Å². The largest absolute Gasteiger partial charge is 0.374 e. The second-order valence-electron chi connectivity index (χ2n) is 5.72. The lowest BCUT2D eigenvalue weighted by molar-refractivity contribution is 0.0396. The Kier molecular flexibility index (Phi) is 7.66. The van der Waals surface area contributed by atoms with Crippen LogP contribution in [0.2, 0.25) is 0 Å². The summed E-state index contributed by atoms with van der Waals surface area (Å²) in [7, 11) is 0. The lowest BCUT2D eigenvalue weighted by Gasteiger charge is -2.14. The zero-order chi connectivity index (χ0) is 14.3. The summed E-state index contributed by atoms with van der Waals surface area (Å²) in [5, 5.41) is 3.45. The van der Waals surface area contributed by atoms with Crippen LogP contribution in [-0.2, 0) is 17.9 Å². The zero-order valence-electron chi connectivity index (χ0n) is 13.1. The summed E-state index contributed by atoms with van der Waals surface area (Å²) in [6.45, 7) is 13.9. The summed E-state index contributed by atoms with van der Waals surface area (Å²) in [5.74, 6) is 0.701. The molecule has 2 nitrogen and oxygen atoms in total.